The van der Waals surface area contributed by atoms with Crippen molar-refractivity contribution >= 4 is 46.8 Å². The first-order chi connectivity index (χ1) is 20.0. The van der Waals surface area contributed by atoms with Gasteiger partial charge in [0.2, 0.25) is 5.95 Å². The lowest BCUT2D eigenvalue weighted by atomic mass is 10.1. The second kappa shape index (κ2) is 10.8. The van der Waals surface area contributed by atoms with Gasteiger partial charge < -0.3 is 44.9 Å². The number of aliphatic hydroxyl groups is 3. The third-order valence-electron chi connectivity index (χ3n) is 6.81. The van der Waals surface area contributed by atoms with Gasteiger partial charge in [0.25, 0.3) is 11.1 Å². The van der Waals surface area contributed by atoms with E-state index in [1.54, 1.807) is 0 Å². The molecular formula is C20H23FN9O10PS. The van der Waals surface area contributed by atoms with Crippen LogP contribution in [0.5, 0.6) is 0 Å². The first kappa shape index (κ1) is 28.9. The zero-order chi connectivity index (χ0) is 29.9. The molecule has 2 fully saturated rings. The number of fused-ring (bicyclic) bond motifs is 2. The van der Waals surface area contributed by atoms with Crippen molar-refractivity contribution in [1.82, 2.24) is 39.0 Å². The van der Waals surface area contributed by atoms with Crippen LogP contribution in [0.1, 0.15) is 12.5 Å². The van der Waals surface area contributed by atoms with Gasteiger partial charge in [-0.05, 0) is 11.8 Å². The Hall–Kier alpha value is -3.24. The molecule has 9 atom stereocenters. The van der Waals surface area contributed by atoms with E-state index < -0.39 is 80.2 Å². The third-order valence-corrected chi connectivity index (χ3v) is 8.37. The molecule has 0 aliphatic carbocycles. The van der Waals surface area contributed by atoms with Crippen molar-refractivity contribution in [2.45, 2.75) is 49.1 Å². The number of nitrogens with two attached hydrogens (primary N) is 1. The number of rotatable bonds is 8. The number of aliphatic hydroxyl groups excluding tert-OH is 3. The molecule has 8 N–H and O–H groups in total. The number of alkyl halides is 1. The molecule has 22 heteroatoms. The maximum atomic E-state index is 15.1. The predicted octanol–water partition coefficient (Wildman–Crippen LogP) is -2.70. The fourth-order valence-electron chi connectivity index (χ4n) is 4.80. The summed E-state index contributed by atoms with van der Waals surface area (Å²) in [5.41, 5.74) is 4.23. The van der Waals surface area contributed by atoms with Crippen LogP contribution in [0, 0.1) is 0 Å². The number of nitrogens with zero attached hydrogens (tertiary/aromatic N) is 6. The van der Waals surface area contributed by atoms with E-state index in [-0.39, 0.29) is 28.3 Å². The Balaban J connectivity index is 1.19. The second-order valence-corrected chi connectivity index (χ2v) is 12.2. The minimum absolute atomic E-state index is 0.0146. The van der Waals surface area contributed by atoms with Crippen LogP contribution < -0.4 is 16.9 Å². The molecule has 2 aliphatic rings. The lowest BCUT2D eigenvalue weighted by Gasteiger charge is -2.27. The van der Waals surface area contributed by atoms with E-state index in [2.05, 4.69) is 29.9 Å². The third kappa shape index (κ3) is 4.92. The molecule has 42 heavy (non-hydrogen) atoms. The Morgan fingerprint density at radius 1 is 1.05 bits per heavy atom. The summed E-state index contributed by atoms with van der Waals surface area (Å²) in [4.78, 5) is 55.5. The van der Waals surface area contributed by atoms with Crippen molar-refractivity contribution in [2.24, 2.45) is 0 Å². The van der Waals surface area contributed by atoms with E-state index in [0.717, 1.165) is 23.5 Å². The topological polar surface area (TPSA) is 271 Å². The van der Waals surface area contributed by atoms with Crippen molar-refractivity contribution in [2.75, 3.05) is 18.9 Å². The molecule has 1 unspecified atom stereocenters. The van der Waals surface area contributed by atoms with Crippen LogP contribution in [0.2, 0.25) is 0 Å². The van der Waals surface area contributed by atoms with Crippen LogP contribution in [-0.4, -0.2) is 109 Å². The molecule has 0 radical (unpaired) electrons. The number of H-pyrrole nitrogens is 2. The van der Waals surface area contributed by atoms with Gasteiger partial charge in [0.05, 0.1) is 32.2 Å². The van der Waals surface area contributed by atoms with Crippen molar-refractivity contribution < 1.29 is 43.1 Å². The highest BCUT2D eigenvalue weighted by Crippen LogP contribution is 2.50. The molecule has 2 saturated heterocycles. The van der Waals surface area contributed by atoms with E-state index >= 15 is 4.39 Å². The standard InChI is InChI=1S/C20H23FN9O10PS/c21-8-11(32)7(39-18(8)29-4-25-9-14(29)23-3-24-16(9)34)2-37-41(36,42)40-13-12(33)6(1-31)38-19(13)30-5-26-10-15(30)27-20(22)28-17(10)35/h3-8,11-13,18-19,31-33H,1-2H2,(H,36,42)(H,23,24,34)(H3,22,27,28,35)/t6-,7-,8-,11-,12-,13-,18-,19-,41?/m1/s1. The molecular weight excluding hydrogens is 608 g/mol. The number of hydrogen-bond acceptors (Lipinski definition) is 15. The van der Waals surface area contributed by atoms with Crippen molar-refractivity contribution in [3.8, 4) is 0 Å². The van der Waals surface area contributed by atoms with Crippen LogP contribution in [0.4, 0.5) is 10.3 Å². The zero-order valence-electron chi connectivity index (χ0n) is 21.0. The lowest BCUT2D eigenvalue weighted by Crippen LogP contribution is -2.35. The minimum atomic E-state index is -4.28. The van der Waals surface area contributed by atoms with Gasteiger partial charge in [0.1, 0.15) is 30.5 Å². The summed E-state index contributed by atoms with van der Waals surface area (Å²) in [5, 5.41) is 30.9. The van der Waals surface area contributed by atoms with Crippen LogP contribution in [0.15, 0.2) is 28.6 Å². The maximum absolute atomic E-state index is 15.1. The van der Waals surface area contributed by atoms with E-state index in [1.807, 2.05) is 0 Å². The fourth-order valence-corrected chi connectivity index (χ4v) is 6.22. The minimum Gasteiger partial charge on any atom is -0.394 e. The maximum Gasteiger partial charge on any atom is 0.325 e. The number of halogens is 1. The molecule has 2 aliphatic heterocycles. The van der Waals surface area contributed by atoms with Gasteiger partial charge in [-0.2, -0.15) is 4.98 Å². The van der Waals surface area contributed by atoms with Gasteiger partial charge in [-0.25, -0.2) is 19.3 Å². The Bertz CT molecular complexity index is 1800. The summed E-state index contributed by atoms with van der Waals surface area (Å²) in [7, 11) is 0. The summed E-state index contributed by atoms with van der Waals surface area (Å²) in [5.74, 6) is -0.231. The highest BCUT2D eigenvalue weighted by Gasteiger charge is 2.50. The molecule has 226 valence electrons. The first-order valence-electron chi connectivity index (χ1n) is 12.2. The summed E-state index contributed by atoms with van der Waals surface area (Å²) in [6.07, 6.45) is -8.70. The van der Waals surface area contributed by atoms with E-state index in [1.165, 1.54) is 4.57 Å². The average Bonchev–Trinajstić information content (AvgIpc) is 3.69. The van der Waals surface area contributed by atoms with Crippen molar-refractivity contribution in [1.29, 1.82) is 0 Å². The highest BCUT2D eigenvalue weighted by molar-refractivity contribution is 8.07. The van der Waals surface area contributed by atoms with Crippen LogP contribution in [0.3, 0.4) is 0 Å². The molecule has 4 aromatic rings. The summed E-state index contributed by atoms with van der Waals surface area (Å²) < 4.78 is 39.6. The quantitative estimate of drug-likeness (QED) is 0.0975. The number of imidazole rings is 2. The van der Waals surface area contributed by atoms with E-state index in [9.17, 15) is 29.8 Å². The van der Waals surface area contributed by atoms with Gasteiger partial charge in [-0.15, -0.1) is 0 Å². The van der Waals surface area contributed by atoms with E-state index in [0.29, 0.717) is 0 Å². The smallest absolute Gasteiger partial charge is 0.325 e. The average molecular weight is 631 g/mol. The predicted molar refractivity (Wildman–Crippen MR) is 140 cm³/mol. The first-order valence-corrected chi connectivity index (χ1v) is 14.8. The number of hydrogen-bond donors (Lipinski definition) is 7. The number of aromatic nitrogens is 8. The van der Waals surface area contributed by atoms with Crippen molar-refractivity contribution in [3.05, 3.63) is 39.7 Å². The highest BCUT2D eigenvalue weighted by atomic mass is 32.5. The number of ether oxygens (including phenoxy) is 2. The fraction of sp³-hybridized carbons (Fsp3) is 0.500. The molecule has 0 bridgehead atoms. The van der Waals surface area contributed by atoms with E-state index in [4.69, 9.17) is 36.1 Å². The van der Waals surface area contributed by atoms with Crippen LogP contribution in [0.25, 0.3) is 22.3 Å². The molecule has 6 rings (SSSR count). The summed E-state index contributed by atoms with van der Waals surface area (Å²) in [6.45, 7) is -5.58. The number of anilines is 1. The monoisotopic (exact) mass is 631 g/mol. The molecule has 4 aromatic heterocycles. The lowest BCUT2D eigenvalue weighted by molar-refractivity contribution is -0.0554. The summed E-state index contributed by atoms with van der Waals surface area (Å²) >= 11 is 5.10. The van der Waals surface area contributed by atoms with Gasteiger partial charge in [0.15, 0.2) is 41.0 Å². The molecule has 19 nitrogen and oxygen atoms in total. The van der Waals surface area contributed by atoms with Gasteiger partial charge in [-0.3, -0.25) is 28.2 Å². The largest absolute Gasteiger partial charge is 0.394 e. The van der Waals surface area contributed by atoms with Crippen LogP contribution in [-0.2, 0) is 30.3 Å². The van der Waals surface area contributed by atoms with Crippen LogP contribution >= 0.6 is 6.72 Å². The SMILES string of the molecule is Nc1nc2c(ncn2[C@@H]2O[C@H](CO)[C@@H](O)[C@H]2OP(O)(=S)OC[C@H]2O[C@@H](n3cnc4c(=O)[nH]cnc43)[C@H](F)[C@@H]2O)c(=O)[nH]1. The molecule has 0 spiro atoms. The number of aromatic amines is 2. The second-order valence-electron chi connectivity index (χ2n) is 9.40. The molecule has 6 heterocycles. The molecule has 0 saturated carbocycles. The van der Waals surface area contributed by atoms with Gasteiger partial charge in [0, 0.05) is 0 Å². The zero-order valence-corrected chi connectivity index (χ0v) is 22.7. The molecule has 0 aromatic carbocycles. The van der Waals surface area contributed by atoms with Gasteiger partial charge >= 0.3 is 6.72 Å². The Morgan fingerprint density at radius 3 is 2.43 bits per heavy atom. The Labute approximate surface area is 236 Å². The number of nitrogen functional groups attached to an aromatic ring is 1. The Kier molecular flexibility index (Phi) is 7.42. The Morgan fingerprint density at radius 2 is 1.71 bits per heavy atom. The van der Waals surface area contributed by atoms with Crippen molar-refractivity contribution in [3.63, 3.8) is 0 Å². The summed E-state index contributed by atoms with van der Waals surface area (Å²) in [6, 6.07) is 0. The van der Waals surface area contributed by atoms with Gasteiger partial charge in [-0.1, -0.05) is 0 Å². The number of nitrogens with one attached hydrogen (secondary N) is 2. The normalized spacial score (nSPS) is 31.3. The molecule has 0 amide bonds.